The quantitative estimate of drug-likeness (QED) is 0.551. The van der Waals surface area contributed by atoms with Gasteiger partial charge in [-0.3, -0.25) is 4.68 Å². The second-order valence-electron chi connectivity index (χ2n) is 7.39. The summed E-state index contributed by atoms with van der Waals surface area (Å²) in [5, 5.41) is 4.47. The van der Waals surface area contributed by atoms with Crippen LogP contribution in [0.4, 0.5) is 5.82 Å². The molecule has 0 aliphatic heterocycles. The summed E-state index contributed by atoms with van der Waals surface area (Å²) in [6.45, 7) is 7.41. The number of nitrogens with one attached hydrogen (secondary N) is 1. The first-order chi connectivity index (χ1) is 13.0. The number of nitrogens with zero attached hydrogens (tertiary/aromatic N) is 4. The maximum atomic E-state index is 6.15. The largest absolute Gasteiger partial charge is 0.383 e. The Kier molecular flexibility index (Phi) is 4.39. The Morgan fingerprint density at radius 3 is 2.81 bits per heavy atom. The predicted molar refractivity (Wildman–Crippen MR) is 109 cm³/mol. The molecule has 3 heterocycles. The van der Waals surface area contributed by atoms with Crippen molar-refractivity contribution in [3.8, 4) is 22.5 Å². The molecule has 0 aliphatic carbocycles. The van der Waals surface area contributed by atoms with E-state index in [1.807, 2.05) is 29.1 Å². The minimum atomic E-state index is 0.461. The number of para-hydroxylation sites is 1. The molecule has 0 radical (unpaired) electrons. The van der Waals surface area contributed by atoms with Gasteiger partial charge in [-0.2, -0.15) is 5.10 Å². The van der Waals surface area contributed by atoms with Crippen LogP contribution < -0.4 is 5.73 Å². The Balaban J connectivity index is 1.70. The molecule has 0 saturated heterocycles. The van der Waals surface area contributed by atoms with Crippen molar-refractivity contribution in [3.05, 3.63) is 48.4 Å². The van der Waals surface area contributed by atoms with Gasteiger partial charge < -0.3 is 10.7 Å². The number of anilines is 1. The maximum absolute atomic E-state index is 6.15. The number of aromatic nitrogens is 5. The van der Waals surface area contributed by atoms with Gasteiger partial charge in [0, 0.05) is 30.1 Å². The van der Waals surface area contributed by atoms with Crippen LogP contribution in [0, 0.1) is 12.8 Å². The zero-order valence-electron chi connectivity index (χ0n) is 15.9. The Labute approximate surface area is 158 Å². The van der Waals surface area contributed by atoms with E-state index in [1.165, 1.54) is 0 Å². The minimum absolute atomic E-state index is 0.461. The van der Waals surface area contributed by atoms with Crippen LogP contribution in [0.5, 0.6) is 0 Å². The van der Waals surface area contributed by atoms with E-state index >= 15 is 0 Å². The average Bonchev–Trinajstić information content (AvgIpc) is 3.28. The zero-order chi connectivity index (χ0) is 19.0. The molecular formula is C21H24N6. The predicted octanol–water partition coefficient (Wildman–Crippen LogP) is 4.43. The highest BCUT2D eigenvalue weighted by molar-refractivity contribution is 5.85. The van der Waals surface area contributed by atoms with Gasteiger partial charge in [0.1, 0.15) is 11.6 Å². The summed E-state index contributed by atoms with van der Waals surface area (Å²) in [5.74, 6) is 1.85. The van der Waals surface area contributed by atoms with Gasteiger partial charge in [-0.1, -0.05) is 26.0 Å². The van der Waals surface area contributed by atoms with Gasteiger partial charge in [-0.05, 0) is 37.0 Å². The molecule has 0 fully saturated rings. The van der Waals surface area contributed by atoms with Gasteiger partial charge in [0.25, 0.3) is 0 Å². The van der Waals surface area contributed by atoms with E-state index in [-0.39, 0.29) is 0 Å². The Bertz CT molecular complexity index is 1090. The summed E-state index contributed by atoms with van der Waals surface area (Å²) in [6.07, 6.45) is 6.82. The fourth-order valence-electron chi connectivity index (χ4n) is 3.15. The summed E-state index contributed by atoms with van der Waals surface area (Å²) in [5.41, 5.74) is 12.1. The van der Waals surface area contributed by atoms with Crippen molar-refractivity contribution >= 4 is 16.9 Å². The lowest BCUT2D eigenvalue weighted by Crippen LogP contribution is -2.01. The molecule has 0 unspecified atom stereocenters. The molecule has 0 saturated carbocycles. The maximum Gasteiger partial charge on any atom is 0.142 e. The molecule has 0 bridgehead atoms. The van der Waals surface area contributed by atoms with E-state index < -0.39 is 0 Å². The van der Waals surface area contributed by atoms with Crippen molar-refractivity contribution < 1.29 is 0 Å². The monoisotopic (exact) mass is 360 g/mol. The van der Waals surface area contributed by atoms with Crippen LogP contribution in [0.25, 0.3) is 33.5 Å². The molecule has 6 nitrogen and oxygen atoms in total. The van der Waals surface area contributed by atoms with Gasteiger partial charge >= 0.3 is 0 Å². The van der Waals surface area contributed by atoms with E-state index in [0.717, 1.165) is 52.1 Å². The van der Waals surface area contributed by atoms with Crippen LogP contribution in [0.3, 0.4) is 0 Å². The molecule has 0 spiro atoms. The standard InChI is InChI=1S/C21H24N6/c1-13(2)7-8-27-12-16(11-24-27)15-9-17(20(22)23-10-15)21-25-18-6-4-5-14(3)19(18)26-21/h4-6,9-13H,7-8H2,1-3H3,(H2,22,23)(H,25,26). The third kappa shape index (κ3) is 3.43. The van der Waals surface area contributed by atoms with Gasteiger partial charge in [0.05, 0.1) is 22.8 Å². The highest BCUT2D eigenvalue weighted by atomic mass is 15.3. The zero-order valence-corrected chi connectivity index (χ0v) is 15.9. The molecule has 6 heteroatoms. The molecule has 0 atom stereocenters. The second-order valence-corrected chi connectivity index (χ2v) is 7.39. The molecule has 138 valence electrons. The van der Waals surface area contributed by atoms with E-state index in [2.05, 4.69) is 48.1 Å². The lowest BCUT2D eigenvalue weighted by Gasteiger charge is -2.05. The number of nitrogen functional groups attached to an aromatic ring is 1. The van der Waals surface area contributed by atoms with Crippen molar-refractivity contribution in [2.24, 2.45) is 5.92 Å². The fraction of sp³-hybridized carbons (Fsp3) is 0.286. The van der Waals surface area contributed by atoms with Crippen molar-refractivity contribution in [2.75, 3.05) is 5.73 Å². The Hall–Kier alpha value is -3.15. The summed E-state index contributed by atoms with van der Waals surface area (Å²) >= 11 is 0. The highest BCUT2D eigenvalue weighted by Crippen LogP contribution is 2.29. The van der Waals surface area contributed by atoms with Gasteiger partial charge in [-0.25, -0.2) is 9.97 Å². The van der Waals surface area contributed by atoms with E-state index in [1.54, 1.807) is 6.20 Å². The lowest BCUT2D eigenvalue weighted by molar-refractivity contribution is 0.487. The smallest absolute Gasteiger partial charge is 0.142 e. The number of hydrogen-bond donors (Lipinski definition) is 2. The van der Waals surface area contributed by atoms with Crippen molar-refractivity contribution in [2.45, 2.75) is 33.7 Å². The van der Waals surface area contributed by atoms with Crippen LogP contribution in [0.1, 0.15) is 25.8 Å². The number of aryl methyl sites for hydroxylation is 2. The Morgan fingerprint density at radius 1 is 1.19 bits per heavy atom. The summed E-state index contributed by atoms with van der Waals surface area (Å²) < 4.78 is 1.98. The summed E-state index contributed by atoms with van der Waals surface area (Å²) in [6, 6.07) is 8.09. The van der Waals surface area contributed by atoms with Gasteiger partial charge in [0.2, 0.25) is 0 Å². The summed E-state index contributed by atoms with van der Waals surface area (Å²) in [7, 11) is 0. The minimum Gasteiger partial charge on any atom is -0.383 e. The topological polar surface area (TPSA) is 85.4 Å². The number of fused-ring (bicyclic) bond motifs is 1. The summed E-state index contributed by atoms with van der Waals surface area (Å²) in [4.78, 5) is 12.5. The van der Waals surface area contributed by atoms with Crippen LogP contribution in [-0.2, 0) is 6.54 Å². The number of nitrogens with two attached hydrogens (primary N) is 1. The number of aromatic amines is 1. The van der Waals surface area contributed by atoms with Crippen molar-refractivity contribution in [1.82, 2.24) is 24.7 Å². The van der Waals surface area contributed by atoms with Gasteiger partial charge in [-0.15, -0.1) is 0 Å². The average molecular weight is 360 g/mol. The highest BCUT2D eigenvalue weighted by Gasteiger charge is 2.13. The molecule has 3 aromatic heterocycles. The number of rotatable bonds is 5. The van der Waals surface area contributed by atoms with Crippen LogP contribution in [0.15, 0.2) is 42.9 Å². The molecule has 4 rings (SSSR count). The Morgan fingerprint density at radius 2 is 2.04 bits per heavy atom. The first kappa shape index (κ1) is 17.3. The number of H-pyrrole nitrogens is 1. The number of imidazole rings is 1. The van der Waals surface area contributed by atoms with E-state index in [4.69, 9.17) is 10.7 Å². The molecule has 0 aliphatic rings. The van der Waals surface area contributed by atoms with Crippen LogP contribution in [0.2, 0.25) is 0 Å². The molecule has 27 heavy (non-hydrogen) atoms. The van der Waals surface area contributed by atoms with Crippen LogP contribution >= 0.6 is 0 Å². The molecule has 3 N–H and O–H groups in total. The third-order valence-electron chi connectivity index (χ3n) is 4.80. The molecule has 0 amide bonds. The van der Waals surface area contributed by atoms with E-state index in [0.29, 0.717) is 11.7 Å². The first-order valence-corrected chi connectivity index (χ1v) is 9.25. The van der Waals surface area contributed by atoms with Crippen LogP contribution in [-0.4, -0.2) is 24.7 Å². The second kappa shape index (κ2) is 6.87. The normalized spacial score (nSPS) is 11.6. The molecular weight excluding hydrogens is 336 g/mol. The number of pyridine rings is 1. The number of hydrogen-bond acceptors (Lipinski definition) is 4. The molecule has 4 aromatic rings. The van der Waals surface area contributed by atoms with Crippen molar-refractivity contribution in [1.29, 1.82) is 0 Å². The van der Waals surface area contributed by atoms with E-state index in [9.17, 15) is 0 Å². The fourth-order valence-corrected chi connectivity index (χ4v) is 3.15. The van der Waals surface area contributed by atoms with Crippen molar-refractivity contribution in [3.63, 3.8) is 0 Å². The number of benzene rings is 1. The lowest BCUT2D eigenvalue weighted by atomic mass is 10.1. The molecule has 1 aromatic carbocycles. The third-order valence-corrected chi connectivity index (χ3v) is 4.80. The van der Waals surface area contributed by atoms with Gasteiger partial charge in [0.15, 0.2) is 0 Å². The first-order valence-electron chi connectivity index (χ1n) is 9.25. The SMILES string of the molecule is Cc1cccc2nc(-c3cc(-c4cnn(CCC(C)C)c4)cnc3N)[nH]c12.